The maximum Gasteiger partial charge on any atom is 0.227 e. The van der Waals surface area contributed by atoms with E-state index >= 15 is 0 Å². The van der Waals surface area contributed by atoms with Gasteiger partial charge in [0.2, 0.25) is 11.8 Å². The highest BCUT2D eigenvalue weighted by Crippen LogP contribution is 2.25. The number of hydrogen-bond donors (Lipinski definition) is 1. The van der Waals surface area contributed by atoms with Gasteiger partial charge < -0.3 is 9.73 Å². The fourth-order valence-electron chi connectivity index (χ4n) is 3.37. The van der Waals surface area contributed by atoms with Crippen LogP contribution in [0.4, 0.5) is 5.95 Å². The van der Waals surface area contributed by atoms with Gasteiger partial charge in [-0.3, -0.25) is 4.98 Å². The molecule has 7 nitrogen and oxygen atoms in total. The third kappa shape index (κ3) is 4.35. The van der Waals surface area contributed by atoms with Crippen molar-refractivity contribution in [3.05, 3.63) is 59.2 Å². The fraction of sp³-hybridized carbons (Fsp3) is 0.391. The molecule has 0 saturated carbocycles. The molecular formula is C23H28N6O. The summed E-state index contributed by atoms with van der Waals surface area (Å²) in [6, 6.07) is 10.0. The highest BCUT2D eigenvalue weighted by Gasteiger charge is 2.19. The monoisotopic (exact) mass is 404 g/mol. The molecule has 156 valence electrons. The fourth-order valence-corrected chi connectivity index (χ4v) is 3.37. The third-order valence-corrected chi connectivity index (χ3v) is 4.63. The van der Waals surface area contributed by atoms with Crippen molar-refractivity contribution in [1.29, 1.82) is 0 Å². The lowest BCUT2D eigenvalue weighted by molar-refractivity contribution is 0.541. The number of hydrogen-bond acceptors (Lipinski definition) is 6. The normalized spacial score (nSPS) is 11.9. The minimum atomic E-state index is -0.176. The Morgan fingerprint density at radius 1 is 1.03 bits per heavy atom. The molecule has 0 aliphatic rings. The number of fused-ring (bicyclic) bond motifs is 1. The molecule has 0 atom stereocenters. The second-order valence-corrected chi connectivity index (χ2v) is 8.61. The van der Waals surface area contributed by atoms with E-state index in [0.29, 0.717) is 24.0 Å². The standard InChI is InChI=1S/C23H28N6O/c1-6-8-17-9-7-10-18(25-17)13-16-14-24-29-20(16)26-22(28-23(3,4)5)27-21(29)19-12-11-15(2)30-19/h7,9-12,14H,6,8,13H2,1-5H3,(H,26,28). The third-order valence-electron chi connectivity index (χ3n) is 4.63. The molecule has 4 rings (SSSR count). The molecule has 0 radical (unpaired) electrons. The van der Waals surface area contributed by atoms with Crippen LogP contribution in [0.2, 0.25) is 0 Å². The topological polar surface area (TPSA) is 81.1 Å². The molecule has 0 unspecified atom stereocenters. The van der Waals surface area contributed by atoms with E-state index in [9.17, 15) is 0 Å². The van der Waals surface area contributed by atoms with Gasteiger partial charge in [0.15, 0.2) is 11.4 Å². The van der Waals surface area contributed by atoms with Gasteiger partial charge in [0.05, 0.1) is 6.20 Å². The summed E-state index contributed by atoms with van der Waals surface area (Å²) in [5.41, 5.74) is 3.70. The van der Waals surface area contributed by atoms with Gasteiger partial charge in [-0.2, -0.15) is 19.6 Å². The molecule has 0 amide bonds. The van der Waals surface area contributed by atoms with Crippen LogP contribution in [0.15, 0.2) is 40.9 Å². The van der Waals surface area contributed by atoms with E-state index in [-0.39, 0.29) is 5.54 Å². The molecule has 0 aliphatic carbocycles. The number of aromatic nitrogens is 5. The average molecular weight is 405 g/mol. The van der Waals surface area contributed by atoms with Crippen molar-refractivity contribution >= 4 is 11.6 Å². The first-order chi connectivity index (χ1) is 14.3. The summed E-state index contributed by atoms with van der Waals surface area (Å²) in [4.78, 5) is 14.3. The van der Waals surface area contributed by atoms with Gasteiger partial charge in [0, 0.05) is 28.9 Å². The Morgan fingerprint density at radius 2 is 1.83 bits per heavy atom. The average Bonchev–Trinajstić information content (AvgIpc) is 3.27. The summed E-state index contributed by atoms with van der Waals surface area (Å²) < 4.78 is 7.59. The van der Waals surface area contributed by atoms with Gasteiger partial charge in [-0.25, -0.2) is 0 Å². The second-order valence-electron chi connectivity index (χ2n) is 8.61. The van der Waals surface area contributed by atoms with E-state index in [1.54, 1.807) is 4.52 Å². The van der Waals surface area contributed by atoms with Gasteiger partial charge in [0.1, 0.15) is 5.76 Å². The van der Waals surface area contributed by atoms with Crippen molar-refractivity contribution < 1.29 is 4.42 Å². The highest BCUT2D eigenvalue weighted by molar-refractivity contribution is 5.60. The Bertz CT molecular complexity index is 1170. The van der Waals surface area contributed by atoms with Gasteiger partial charge >= 0.3 is 0 Å². The number of furan rings is 1. The van der Waals surface area contributed by atoms with E-state index in [0.717, 1.165) is 41.2 Å². The van der Waals surface area contributed by atoms with Gasteiger partial charge in [-0.15, -0.1) is 0 Å². The minimum Gasteiger partial charge on any atom is -0.458 e. The summed E-state index contributed by atoms with van der Waals surface area (Å²) in [6.45, 7) is 10.3. The maximum atomic E-state index is 5.84. The predicted octanol–water partition coefficient (Wildman–Crippen LogP) is 4.84. The molecule has 7 heteroatoms. The van der Waals surface area contributed by atoms with Crippen molar-refractivity contribution in [3.63, 3.8) is 0 Å². The van der Waals surface area contributed by atoms with Crippen LogP contribution in [0.1, 0.15) is 56.8 Å². The highest BCUT2D eigenvalue weighted by atomic mass is 16.3. The molecule has 0 aliphatic heterocycles. The zero-order chi connectivity index (χ0) is 21.3. The number of rotatable bonds is 6. The Kier molecular flexibility index (Phi) is 5.28. The number of anilines is 1. The van der Waals surface area contributed by atoms with Crippen LogP contribution in [0, 0.1) is 6.92 Å². The molecule has 0 aromatic carbocycles. The van der Waals surface area contributed by atoms with Gasteiger partial charge in [0.25, 0.3) is 0 Å². The van der Waals surface area contributed by atoms with E-state index in [1.165, 1.54) is 0 Å². The lowest BCUT2D eigenvalue weighted by atomic mass is 10.1. The number of pyridine rings is 1. The van der Waals surface area contributed by atoms with E-state index < -0.39 is 0 Å². The molecular weight excluding hydrogens is 376 g/mol. The lowest BCUT2D eigenvalue weighted by Crippen LogP contribution is -2.27. The van der Waals surface area contributed by atoms with Crippen LogP contribution in [-0.4, -0.2) is 30.1 Å². The summed E-state index contributed by atoms with van der Waals surface area (Å²) in [5, 5.41) is 7.95. The molecule has 0 bridgehead atoms. The van der Waals surface area contributed by atoms with E-state index in [4.69, 9.17) is 19.4 Å². The molecule has 1 N–H and O–H groups in total. The SMILES string of the molecule is CCCc1cccc(Cc2cnn3c(-c4ccc(C)o4)nc(NC(C)(C)C)nc23)n1. The van der Waals surface area contributed by atoms with Crippen molar-refractivity contribution in [2.75, 3.05) is 5.32 Å². The first-order valence-electron chi connectivity index (χ1n) is 10.4. The molecule has 0 saturated heterocycles. The summed E-state index contributed by atoms with van der Waals surface area (Å²) in [5.74, 6) is 2.66. The van der Waals surface area contributed by atoms with Crippen molar-refractivity contribution in [2.45, 2.75) is 59.4 Å². The zero-order valence-electron chi connectivity index (χ0n) is 18.2. The van der Waals surface area contributed by atoms with Crippen LogP contribution >= 0.6 is 0 Å². The number of nitrogens with zero attached hydrogens (tertiary/aromatic N) is 5. The first-order valence-corrected chi connectivity index (χ1v) is 10.4. The quantitative estimate of drug-likeness (QED) is 0.495. The van der Waals surface area contributed by atoms with Gasteiger partial charge in [-0.1, -0.05) is 19.4 Å². The second kappa shape index (κ2) is 7.89. The first kappa shape index (κ1) is 20.1. The van der Waals surface area contributed by atoms with Gasteiger partial charge in [-0.05, 0) is 58.4 Å². The van der Waals surface area contributed by atoms with Crippen LogP contribution in [0.25, 0.3) is 17.2 Å². The summed E-state index contributed by atoms with van der Waals surface area (Å²) in [7, 11) is 0. The van der Waals surface area contributed by atoms with Crippen LogP contribution < -0.4 is 5.32 Å². The Morgan fingerprint density at radius 3 is 2.53 bits per heavy atom. The van der Waals surface area contributed by atoms with E-state index in [2.05, 4.69) is 56.3 Å². The minimum absolute atomic E-state index is 0.176. The molecule has 30 heavy (non-hydrogen) atoms. The molecule has 4 aromatic rings. The van der Waals surface area contributed by atoms with Crippen LogP contribution in [0.3, 0.4) is 0 Å². The van der Waals surface area contributed by atoms with E-state index in [1.807, 2.05) is 25.3 Å². The Hall–Kier alpha value is -3.22. The Labute approximate surface area is 176 Å². The van der Waals surface area contributed by atoms with Crippen molar-refractivity contribution in [3.8, 4) is 11.6 Å². The van der Waals surface area contributed by atoms with Crippen molar-refractivity contribution in [2.24, 2.45) is 0 Å². The smallest absolute Gasteiger partial charge is 0.227 e. The Balaban J connectivity index is 1.80. The van der Waals surface area contributed by atoms with Crippen LogP contribution in [0.5, 0.6) is 0 Å². The summed E-state index contributed by atoms with van der Waals surface area (Å²) in [6.07, 6.45) is 4.56. The van der Waals surface area contributed by atoms with Crippen molar-refractivity contribution in [1.82, 2.24) is 24.6 Å². The largest absolute Gasteiger partial charge is 0.458 e. The molecule has 0 fully saturated rings. The molecule has 4 heterocycles. The maximum absolute atomic E-state index is 5.84. The number of nitrogens with one attached hydrogen (secondary N) is 1. The lowest BCUT2D eigenvalue weighted by Gasteiger charge is -2.20. The molecule has 0 spiro atoms. The predicted molar refractivity (Wildman–Crippen MR) is 118 cm³/mol. The van der Waals surface area contributed by atoms with Crippen LogP contribution in [-0.2, 0) is 12.8 Å². The number of aryl methyl sites for hydroxylation is 2. The summed E-state index contributed by atoms with van der Waals surface area (Å²) >= 11 is 0. The molecule has 4 aromatic heterocycles. The zero-order valence-corrected chi connectivity index (χ0v) is 18.2.